The van der Waals surface area contributed by atoms with Crippen molar-refractivity contribution in [2.45, 2.75) is 37.7 Å². The molecule has 1 N–H and O–H groups in total. The van der Waals surface area contributed by atoms with Crippen LogP contribution in [-0.2, 0) is 14.8 Å². The third-order valence-corrected chi connectivity index (χ3v) is 7.53. The van der Waals surface area contributed by atoms with Crippen molar-refractivity contribution in [3.63, 3.8) is 0 Å². The van der Waals surface area contributed by atoms with E-state index in [0.29, 0.717) is 28.4 Å². The first kappa shape index (κ1) is 25.1. The molecule has 0 saturated heterocycles. The minimum Gasteiger partial charge on any atom is -0.486 e. The normalized spacial score (nSPS) is 15.4. The molecule has 0 amide bonds. The largest absolute Gasteiger partial charge is 0.486 e. The number of ketones is 1. The lowest BCUT2D eigenvalue weighted by Crippen LogP contribution is -2.43. The molecule has 1 atom stereocenters. The second kappa shape index (κ2) is 10.3. The minimum atomic E-state index is -3.94. The number of carboxylic acids is 1. The number of hydrogen-bond donors (Lipinski definition) is 1. The van der Waals surface area contributed by atoms with Crippen molar-refractivity contribution in [3.8, 4) is 5.75 Å². The van der Waals surface area contributed by atoms with Crippen LogP contribution in [0, 0.1) is 6.92 Å². The molecule has 0 spiro atoms. The van der Waals surface area contributed by atoms with Gasteiger partial charge in [-0.25, -0.2) is 13.4 Å². The second-order valence-electron chi connectivity index (χ2n) is 8.59. The predicted octanol–water partition coefficient (Wildman–Crippen LogP) is 4.58. The number of nitrogens with zero attached hydrogens (tertiary/aromatic N) is 2. The highest BCUT2D eigenvalue weighted by molar-refractivity contribution is 7.92. The lowest BCUT2D eigenvalue weighted by atomic mass is 10.1. The number of Topliss-reactive ketones (excluding diaryl/α,β-unsaturated/α-hetero) is 1. The Morgan fingerprint density at radius 2 is 1.89 bits per heavy atom. The number of carbonyl (C=O) groups excluding carboxylic acids is 1. The summed E-state index contributed by atoms with van der Waals surface area (Å²) in [6.45, 7) is 3.26. The number of fused-ring (bicyclic) bond motifs is 1. The SMILES string of the molecule is CC(=O)c1cccc(/C=C/c2ccc3c(c2)N(S(=O)(=O)c2cccc(C)c2)C[C@H](CCC(=O)O)O3)n1. The van der Waals surface area contributed by atoms with Crippen molar-refractivity contribution >= 4 is 39.6 Å². The molecule has 0 aliphatic carbocycles. The number of aryl methyl sites for hydroxylation is 1. The number of sulfonamides is 1. The predicted molar refractivity (Wildman–Crippen MR) is 137 cm³/mol. The molecule has 1 aromatic heterocycles. The third kappa shape index (κ3) is 5.63. The van der Waals surface area contributed by atoms with E-state index in [4.69, 9.17) is 9.84 Å². The van der Waals surface area contributed by atoms with Crippen LogP contribution in [0.4, 0.5) is 5.69 Å². The van der Waals surface area contributed by atoms with Crippen molar-refractivity contribution in [2.24, 2.45) is 0 Å². The molecule has 2 aromatic carbocycles. The Labute approximate surface area is 209 Å². The average molecular weight is 507 g/mol. The summed E-state index contributed by atoms with van der Waals surface area (Å²) in [5.74, 6) is -0.743. The molecule has 3 aromatic rings. The first-order valence-electron chi connectivity index (χ1n) is 11.4. The second-order valence-corrected chi connectivity index (χ2v) is 10.5. The highest BCUT2D eigenvalue weighted by Crippen LogP contribution is 2.39. The first-order valence-corrected chi connectivity index (χ1v) is 12.9. The Bertz CT molecular complexity index is 1450. The number of aliphatic carboxylic acids is 1. The Kier molecular flexibility index (Phi) is 7.21. The van der Waals surface area contributed by atoms with Gasteiger partial charge in [0.1, 0.15) is 17.5 Å². The number of hydrogen-bond acceptors (Lipinski definition) is 6. The van der Waals surface area contributed by atoms with Gasteiger partial charge in [-0.3, -0.25) is 13.9 Å². The van der Waals surface area contributed by atoms with Crippen LogP contribution in [0.5, 0.6) is 5.75 Å². The molecule has 2 heterocycles. The smallest absolute Gasteiger partial charge is 0.303 e. The summed E-state index contributed by atoms with van der Waals surface area (Å²) in [5, 5.41) is 9.09. The number of carboxylic acid groups (broad SMARTS) is 1. The Morgan fingerprint density at radius 3 is 2.61 bits per heavy atom. The molecule has 1 aliphatic rings. The summed E-state index contributed by atoms with van der Waals surface area (Å²) in [6, 6.07) is 17.0. The van der Waals surface area contributed by atoms with Crippen molar-refractivity contribution in [3.05, 3.63) is 83.2 Å². The summed E-state index contributed by atoms with van der Waals surface area (Å²) in [5.41, 5.74) is 2.84. The zero-order valence-corrected chi connectivity index (χ0v) is 20.7. The molecule has 8 nitrogen and oxygen atoms in total. The number of aromatic nitrogens is 1. The molecular weight excluding hydrogens is 480 g/mol. The van der Waals surface area contributed by atoms with Crippen LogP contribution in [0.15, 0.2) is 65.6 Å². The van der Waals surface area contributed by atoms with Crippen molar-refractivity contribution < 1.29 is 27.9 Å². The van der Waals surface area contributed by atoms with Gasteiger partial charge < -0.3 is 9.84 Å². The standard InChI is InChI=1S/C27H26N2O6S/c1-18-5-3-7-23(15-18)36(33,34)29-17-22(12-14-27(31)32)35-26-13-10-20(16-25(26)29)9-11-21-6-4-8-24(28-21)19(2)30/h3-11,13,15-16,22H,12,14,17H2,1-2H3,(H,31,32)/b11-9+/t22-/m0/s1. The van der Waals surface area contributed by atoms with Gasteiger partial charge >= 0.3 is 5.97 Å². The zero-order chi connectivity index (χ0) is 25.9. The van der Waals surface area contributed by atoms with E-state index in [1.807, 2.05) is 13.0 Å². The molecule has 1 aliphatic heterocycles. The van der Waals surface area contributed by atoms with E-state index < -0.39 is 22.1 Å². The van der Waals surface area contributed by atoms with Crippen molar-refractivity contribution in [1.29, 1.82) is 0 Å². The fourth-order valence-corrected chi connectivity index (χ4v) is 5.52. The highest BCUT2D eigenvalue weighted by atomic mass is 32.2. The van der Waals surface area contributed by atoms with Gasteiger partial charge in [0, 0.05) is 13.3 Å². The van der Waals surface area contributed by atoms with Gasteiger partial charge in [-0.1, -0.05) is 30.3 Å². The fraction of sp³-hybridized carbons (Fsp3) is 0.222. The molecule has 4 rings (SSSR count). The van der Waals surface area contributed by atoms with Crippen LogP contribution >= 0.6 is 0 Å². The van der Waals surface area contributed by atoms with Gasteiger partial charge in [-0.05, 0) is 66.9 Å². The maximum atomic E-state index is 13.7. The maximum Gasteiger partial charge on any atom is 0.303 e. The van der Waals surface area contributed by atoms with Crippen LogP contribution in [0.3, 0.4) is 0 Å². The molecular formula is C27H26N2O6S. The van der Waals surface area contributed by atoms with Crippen molar-refractivity contribution in [2.75, 3.05) is 10.8 Å². The Hall–Kier alpha value is -3.98. The number of ether oxygens (including phenoxy) is 1. The molecule has 9 heteroatoms. The summed E-state index contributed by atoms with van der Waals surface area (Å²) in [7, 11) is -3.94. The first-order chi connectivity index (χ1) is 17.1. The van der Waals surface area contributed by atoms with E-state index in [1.54, 1.807) is 66.7 Å². The summed E-state index contributed by atoms with van der Waals surface area (Å²) >= 11 is 0. The summed E-state index contributed by atoms with van der Waals surface area (Å²) in [6.07, 6.45) is 2.96. The van der Waals surface area contributed by atoms with Crippen LogP contribution in [0.25, 0.3) is 12.2 Å². The molecule has 186 valence electrons. The van der Waals surface area contributed by atoms with E-state index in [9.17, 15) is 18.0 Å². The van der Waals surface area contributed by atoms with E-state index in [1.165, 1.54) is 11.2 Å². The number of benzene rings is 2. The number of anilines is 1. The molecule has 0 fully saturated rings. The van der Waals surface area contributed by atoms with Crippen LogP contribution in [0.2, 0.25) is 0 Å². The van der Waals surface area contributed by atoms with Gasteiger partial charge in [0.15, 0.2) is 5.78 Å². The van der Waals surface area contributed by atoms with E-state index >= 15 is 0 Å². The van der Waals surface area contributed by atoms with Gasteiger partial charge in [0.25, 0.3) is 10.0 Å². The van der Waals surface area contributed by atoms with Gasteiger partial charge in [-0.15, -0.1) is 0 Å². The zero-order valence-electron chi connectivity index (χ0n) is 19.9. The van der Waals surface area contributed by atoms with E-state index in [-0.39, 0.29) is 30.1 Å². The Balaban J connectivity index is 1.71. The van der Waals surface area contributed by atoms with Crippen LogP contribution in [0.1, 0.15) is 47.1 Å². The van der Waals surface area contributed by atoms with Gasteiger partial charge in [0.2, 0.25) is 0 Å². The molecule has 0 radical (unpaired) electrons. The monoisotopic (exact) mass is 506 g/mol. The molecule has 0 saturated carbocycles. The molecule has 0 unspecified atom stereocenters. The quantitative estimate of drug-likeness (QED) is 0.445. The van der Waals surface area contributed by atoms with Gasteiger partial charge in [-0.2, -0.15) is 0 Å². The number of pyridine rings is 1. The lowest BCUT2D eigenvalue weighted by molar-refractivity contribution is -0.137. The topological polar surface area (TPSA) is 114 Å². The Morgan fingerprint density at radius 1 is 1.11 bits per heavy atom. The molecule has 36 heavy (non-hydrogen) atoms. The number of rotatable bonds is 8. The summed E-state index contributed by atoms with van der Waals surface area (Å²) < 4.78 is 34.6. The van der Waals surface area contributed by atoms with Crippen molar-refractivity contribution in [1.82, 2.24) is 4.98 Å². The minimum absolute atomic E-state index is 0.00800. The third-order valence-electron chi connectivity index (χ3n) is 5.75. The highest BCUT2D eigenvalue weighted by Gasteiger charge is 2.34. The van der Waals surface area contributed by atoms with Crippen LogP contribution < -0.4 is 9.04 Å². The molecule has 0 bridgehead atoms. The lowest BCUT2D eigenvalue weighted by Gasteiger charge is -2.35. The van der Waals surface area contributed by atoms with Gasteiger partial charge in [0.05, 0.1) is 22.8 Å². The van der Waals surface area contributed by atoms with Crippen LogP contribution in [-0.4, -0.2) is 42.9 Å². The summed E-state index contributed by atoms with van der Waals surface area (Å²) in [4.78, 5) is 27.2. The van der Waals surface area contributed by atoms with E-state index in [2.05, 4.69) is 4.98 Å². The maximum absolute atomic E-state index is 13.7. The van der Waals surface area contributed by atoms with E-state index in [0.717, 1.165) is 5.56 Å². The fourth-order valence-electron chi connectivity index (χ4n) is 3.92. The number of carbonyl (C=O) groups is 2. The average Bonchev–Trinajstić information content (AvgIpc) is 2.85.